The number of piperidine rings is 1. The Morgan fingerprint density at radius 1 is 1.17 bits per heavy atom. The standard InChI is InChI=1S/C23H26N6O/c1-14-9-21(26-28-13-15(2)25-22(14)28)17-5-6-20-18(11-17)12-24-29(23(20)30)19-7-8-27(4)16(3)10-19/h5-6,9,11-13,16,19H,7-8,10H2,1-4H3/t16-,19-/m0/s1. The summed E-state index contributed by atoms with van der Waals surface area (Å²) in [5.74, 6) is 0. The molecule has 0 unspecified atom stereocenters. The number of likely N-dealkylation sites (tertiary alicyclic amines) is 1. The highest BCUT2D eigenvalue weighted by Gasteiger charge is 2.25. The van der Waals surface area contributed by atoms with Crippen molar-refractivity contribution in [3.05, 3.63) is 58.3 Å². The molecule has 1 aromatic carbocycles. The lowest BCUT2D eigenvalue weighted by Gasteiger charge is -2.35. The maximum absolute atomic E-state index is 13.2. The van der Waals surface area contributed by atoms with Crippen LogP contribution in [0.1, 0.15) is 37.1 Å². The molecule has 1 saturated heterocycles. The Bertz CT molecular complexity index is 1320. The number of imidazole rings is 1. The number of hydrogen-bond donors (Lipinski definition) is 0. The number of benzene rings is 1. The summed E-state index contributed by atoms with van der Waals surface area (Å²) >= 11 is 0. The van der Waals surface area contributed by atoms with Crippen LogP contribution in [0.5, 0.6) is 0 Å². The number of fused-ring (bicyclic) bond motifs is 2. The molecule has 30 heavy (non-hydrogen) atoms. The second kappa shape index (κ2) is 7.02. The molecule has 154 valence electrons. The Morgan fingerprint density at radius 3 is 2.80 bits per heavy atom. The first-order valence-electron chi connectivity index (χ1n) is 10.5. The first-order chi connectivity index (χ1) is 14.4. The first kappa shape index (κ1) is 18.9. The van der Waals surface area contributed by atoms with Crippen LogP contribution in [-0.4, -0.2) is 48.9 Å². The minimum absolute atomic E-state index is 0.00868. The van der Waals surface area contributed by atoms with E-state index in [9.17, 15) is 4.79 Å². The minimum Gasteiger partial charge on any atom is -0.304 e. The first-order valence-corrected chi connectivity index (χ1v) is 10.5. The van der Waals surface area contributed by atoms with Crippen LogP contribution in [0.15, 0.2) is 41.5 Å². The van der Waals surface area contributed by atoms with Gasteiger partial charge in [-0.05, 0) is 64.4 Å². The summed E-state index contributed by atoms with van der Waals surface area (Å²) < 4.78 is 3.51. The highest BCUT2D eigenvalue weighted by molar-refractivity contribution is 5.85. The normalized spacial score (nSPS) is 20.3. The molecule has 0 N–H and O–H groups in total. The zero-order chi connectivity index (χ0) is 21.0. The number of aromatic nitrogens is 5. The molecule has 0 spiro atoms. The molecule has 1 fully saturated rings. The molecule has 0 radical (unpaired) electrons. The van der Waals surface area contributed by atoms with Gasteiger partial charge in [0.1, 0.15) is 0 Å². The van der Waals surface area contributed by atoms with E-state index in [1.807, 2.05) is 55.0 Å². The summed E-state index contributed by atoms with van der Waals surface area (Å²) in [6.45, 7) is 7.19. The summed E-state index contributed by atoms with van der Waals surface area (Å²) in [6.07, 6.45) is 5.64. The van der Waals surface area contributed by atoms with Crippen molar-refractivity contribution in [3.8, 4) is 11.3 Å². The molecule has 1 aliphatic rings. The van der Waals surface area contributed by atoms with Gasteiger partial charge < -0.3 is 4.90 Å². The van der Waals surface area contributed by atoms with E-state index >= 15 is 0 Å². The third kappa shape index (κ3) is 3.10. The molecule has 7 nitrogen and oxygen atoms in total. The Balaban J connectivity index is 1.55. The Kier molecular flexibility index (Phi) is 4.43. The van der Waals surface area contributed by atoms with Crippen molar-refractivity contribution in [2.75, 3.05) is 13.6 Å². The fraction of sp³-hybridized carbons (Fsp3) is 0.391. The Morgan fingerprint density at radius 2 is 2.00 bits per heavy atom. The number of rotatable bonds is 2. The van der Waals surface area contributed by atoms with Crippen LogP contribution in [0, 0.1) is 13.8 Å². The van der Waals surface area contributed by atoms with Crippen molar-refractivity contribution in [3.63, 3.8) is 0 Å². The molecule has 0 aliphatic carbocycles. The predicted molar refractivity (Wildman–Crippen MR) is 118 cm³/mol. The van der Waals surface area contributed by atoms with Gasteiger partial charge in [-0.15, -0.1) is 0 Å². The summed E-state index contributed by atoms with van der Waals surface area (Å²) in [5, 5.41) is 10.8. The van der Waals surface area contributed by atoms with Crippen LogP contribution in [-0.2, 0) is 0 Å². The fourth-order valence-electron chi connectivity index (χ4n) is 4.46. The van der Waals surface area contributed by atoms with Gasteiger partial charge in [0.15, 0.2) is 5.65 Å². The van der Waals surface area contributed by atoms with E-state index in [1.165, 1.54) is 0 Å². The molecular weight excluding hydrogens is 376 g/mol. The SMILES string of the molecule is Cc1cn2nc(-c3ccc4c(=O)n([C@H]5CCN(C)[C@@H](C)C5)ncc4c3)cc(C)c2n1. The summed E-state index contributed by atoms with van der Waals surface area (Å²) in [4.78, 5) is 20.0. The van der Waals surface area contributed by atoms with E-state index in [2.05, 4.69) is 29.0 Å². The largest absolute Gasteiger partial charge is 0.304 e. The van der Waals surface area contributed by atoms with Crippen LogP contribution in [0.3, 0.4) is 0 Å². The molecule has 0 bridgehead atoms. The number of aryl methyl sites for hydroxylation is 2. The van der Waals surface area contributed by atoms with E-state index < -0.39 is 0 Å². The summed E-state index contributed by atoms with van der Waals surface area (Å²) in [7, 11) is 2.14. The highest BCUT2D eigenvalue weighted by atomic mass is 16.1. The van der Waals surface area contributed by atoms with Gasteiger partial charge in [-0.3, -0.25) is 4.79 Å². The summed E-state index contributed by atoms with van der Waals surface area (Å²) in [5.41, 5.74) is 4.69. The van der Waals surface area contributed by atoms with Crippen LogP contribution in [0.4, 0.5) is 0 Å². The lowest BCUT2D eigenvalue weighted by Crippen LogP contribution is -2.41. The lowest BCUT2D eigenvalue weighted by molar-refractivity contribution is 0.148. The van der Waals surface area contributed by atoms with Crippen molar-refractivity contribution in [2.24, 2.45) is 0 Å². The van der Waals surface area contributed by atoms with Gasteiger partial charge >= 0.3 is 0 Å². The van der Waals surface area contributed by atoms with Crippen molar-refractivity contribution >= 4 is 16.4 Å². The van der Waals surface area contributed by atoms with E-state index in [1.54, 1.807) is 4.68 Å². The number of hydrogen-bond acceptors (Lipinski definition) is 5. The molecule has 5 rings (SSSR count). The lowest BCUT2D eigenvalue weighted by atomic mass is 9.99. The zero-order valence-electron chi connectivity index (χ0n) is 17.8. The van der Waals surface area contributed by atoms with Gasteiger partial charge in [-0.25, -0.2) is 14.2 Å². The fourth-order valence-corrected chi connectivity index (χ4v) is 4.46. The van der Waals surface area contributed by atoms with Gasteiger partial charge in [-0.2, -0.15) is 10.2 Å². The maximum atomic E-state index is 13.2. The van der Waals surface area contributed by atoms with Gasteiger partial charge in [0.2, 0.25) is 0 Å². The summed E-state index contributed by atoms with van der Waals surface area (Å²) in [6, 6.07) is 8.53. The maximum Gasteiger partial charge on any atom is 0.274 e. The van der Waals surface area contributed by atoms with Crippen molar-refractivity contribution < 1.29 is 0 Å². The third-order valence-corrected chi connectivity index (χ3v) is 6.36. The molecule has 0 saturated carbocycles. The smallest absolute Gasteiger partial charge is 0.274 e. The average Bonchev–Trinajstić information content (AvgIpc) is 3.11. The van der Waals surface area contributed by atoms with E-state index in [4.69, 9.17) is 5.10 Å². The number of nitrogens with zero attached hydrogens (tertiary/aromatic N) is 6. The van der Waals surface area contributed by atoms with Gasteiger partial charge in [0, 0.05) is 23.5 Å². The molecule has 3 aromatic heterocycles. The van der Waals surface area contributed by atoms with E-state index in [-0.39, 0.29) is 11.6 Å². The Hall–Kier alpha value is -3.06. The molecule has 0 amide bonds. The minimum atomic E-state index is -0.00868. The zero-order valence-corrected chi connectivity index (χ0v) is 17.8. The van der Waals surface area contributed by atoms with Gasteiger partial charge in [0.25, 0.3) is 5.56 Å². The molecule has 2 atom stereocenters. The molecule has 4 aromatic rings. The van der Waals surface area contributed by atoms with Crippen molar-refractivity contribution in [2.45, 2.75) is 45.7 Å². The van der Waals surface area contributed by atoms with Crippen molar-refractivity contribution in [1.29, 1.82) is 0 Å². The predicted octanol–water partition coefficient (Wildman–Crippen LogP) is 3.38. The van der Waals surface area contributed by atoms with Gasteiger partial charge in [0.05, 0.1) is 35.2 Å². The topological polar surface area (TPSA) is 68.3 Å². The third-order valence-electron chi connectivity index (χ3n) is 6.36. The monoisotopic (exact) mass is 402 g/mol. The van der Waals surface area contributed by atoms with Crippen LogP contribution >= 0.6 is 0 Å². The Labute approximate surface area is 175 Å². The van der Waals surface area contributed by atoms with Crippen molar-refractivity contribution in [1.82, 2.24) is 29.3 Å². The molecule has 1 aliphatic heterocycles. The second-order valence-electron chi connectivity index (χ2n) is 8.57. The molecular formula is C23H26N6O. The highest BCUT2D eigenvalue weighted by Crippen LogP contribution is 2.26. The van der Waals surface area contributed by atoms with Crippen LogP contribution in [0.25, 0.3) is 27.7 Å². The van der Waals surface area contributed by atoms with Crippen LogP contribution in [0.2, 0.25) is 0 Å². The average molecular weight is 403 g/mol. The molecule has 4 heterocycles. The van der Waals surface area contributed by atoms with E-state index in [0.717, 1.165) is 52.9 Å². The van der Waals surface area contributed by atoms with Gasteiger partial charge in [-0.1, -0.05) is 6.07 Å². The van der Waals surface area contributed by atoms with Crippen LogP contribution < -0.4 is 5.56 Å². The molecule has 7 heteroatoms. The van der Waals surface area contributed by atoms with E-state index in [0.29, 0.717) is 11.4 Å². The quantitative estimate of drug-likeness (QED) is 0.514. The second-order valence-corrected chi connectivity index (χ2v) is 8.57.